The van der Waals surface area contributed by atoms with Crippen LogP contribution in [0.15, 0.2) is 18.2 Å². The number of hydrogen-bond donors (Lipinski definition) is 2. The third-order valence-corrected chi connectivity index (χ3v) is 3.60. The minimum atomic E-state index is -5.63. The maximum atomic E-state index is 13.9. The van der Waals surface area contributed by atoms with Gasteiger partial charge in [0.15, 0.2) is 28.4 Å². The molecule has 0 amide bonds. The molecule has 0 heterocycles. The summed E-state index contributed by atoms with van der Waals surface area (Å²) in [7, 11) is 2.71. The molecule has 0 bridgehead atoms. The fraction of sp³-hybridized carbons (Fsp3) is 0.188. The molecule has 12 heteroatoms. The van der Waals surface area contributed by atoms with Crippen molar-refractivity contribution in [3.05, 3.63) is 47.0 Å². The van der Waals surface area contributed by atoms with Gasteiger partial charge in [0.1, 0.15) is 22.7 Å². The summed E-state index contributed by atoms with van der Waals surface area (Å²) in [5, 5.41) is 3.68. The Morgan fingerprint density at radius 1 is 0.821 bits per heavy atom. The summed E-state index contributed by atoms with van der Waals surface area (Å²) in [6, 6.07) is 4.30. The lowest BCUT2D eigenvalue weighted by molar-refractivity contribution is -0.143. The molecular formula is C16H11F7N2O2S. The Labute approximate surface area is 159 Å². The van der Waals surface area contributed by atoms with Crippen LogP contribution in [0.5, 0.6) is 11.5 Å². The van der Waals surface area contributed by atoms with Gasteiger partial charge in [0.25, 0.3) is 0 Å². The third kappa shape index (κ3) is 4.38. The van der Waals surface area contributed by atoms with Crippen molar-refractivity contribution in [2.75, 3.05) is 24.9 Å². The van der Waals surface area contributed by atoms with Gasteiger partial charge in [0, 0.05) is 23.9 Å². The summed E-state index contributed by atoms with van der Waals surface area (Å²) < 4.78 is 103. The van der Waals surface area contributed by atoms with Gasteiger partial charge >= 0.3 is 6.18 Å². The summed E-state index contributed by atoms with van der Waals surface area (Å²) in [5.41, 5.74) is -4.00. The van der Waals surface area contributed by atoms with Crippen molar-refractivity contribution in [2.45, 2.75) is 6.18 Å². The highest BCUT2D eigenvalue weighted by Crippen LogP contribution is 2.38. The fourth-order valence-corrected chi connectivity index (χ4v) is 2.37. The fourth-order valence-electron chi connectivity index (χ4n) is 2.15. The van der Waals surface area contributed by atoms with Crippen LogP contribution < -0.4 is 20.1 Å². The van der Waals surface area contributed by atoms with E-state index < -0.39 is 45.8 Å². The van der Waals surface area contributed by atoms with E-state index in [0.717, 1.165) is 0 Å². The predicted molar refractivity (Wildman–Crippen MR) is 90.7 cm³/mol. The van der Waals surface area contributed by atoms with Crippen LogP contribution in [0, 0.1) is 23.3 Å². The van der Waals surface area contributed by atoms with Crippen molar-refractivity contribution < 1.29 is 40.2 Å². The molecule has 0 aliphatic heterocycles. The SMILES string of the molecule is COc1cc(NC(=S)Nc2c(F)c(F)c(C(F)(F)F)c(F)c2F)cc(OC)c1. The zero-order valence-electron chi connectivity index (χ0n) is 14.1. The number of nitrogens with one attached hydrogen (secondary N) is 2. The molecule has 0 atom stereocenters. The standard InChI is InChI=1S/C16H11F7N2O2S/c1-26-7-3-6(4-8(5-7)27-2)24-15(28)25-14-12(19)10(17)9(16(21,22)23)11(18)13(14)20/h3-5H,1-2H3,(H2,24,25,28). The molecule has 0 radical (unpaired) electrons. The second-order valence-corrected chi connectivity index (χ2v) is 5.59. The largest absolute Gasteiger partial charge is 0.497 e. The Balaban J connectivity index is 2.35. The van der Waals surface area contributed by atoms with Crippen LogP contribution in [0.4, 0.5) is 42.1 Å². The number of thiocarbonyl (C=S) groups is 1. The molecule has 0 spiro atoms. The summed E-state index contributed by atoms with van der Waals surface area (Å²) >= 11 is 4.78. The molecule has 2 aromatic carbocycles. The zero-order valence-corrected chi connectivity index (χ0v) is 14.9. The van der Waals surface area contributed by atoms with Crippen molar-refractivity contribution in [3.63, 3.8) is 0 Å². The van der Waals surface area contributed by atoms with Crippen molar-refractivity contribution in [1.82, 2.24) is 0 Å². The highest BCUT2D eigenvalue weighted by atomic mass is 32.1. The number of alkyl halides is 3. The number of hydrogen-bond acceptors (Lipinski definition) is 3. The van der Waals surface area contributed by atoms with Crippen molar-refractivity contribution >= 4 is 28.7 Å². The Morgan fingerprint density at radius 2 is 1.29 bits per heavy atom. The average molecular weight is 428 g/mol. The van der Waals surface area contributed by atoms with Gasteiger partial charge in [-0.15, -0.1) is 0 Å². The Morgan fingerprint density at radius 3 is 1.68 bits per heavy atom. The highest BCUT2D eigenvalue weighted by Gasteiger charge is 2.42. The topological polar surface area (TPSA) is 42.5 Å². The van der Waals surface area contributed by atoms with Crippen LogP contribution in [-0.4, -0.2) is 19.3 Å². The van der Waals surface area contributed by atoms with E-state index in [1.54, 1.807) is 5.32 Å². The van der Waals surface area contributed by atoms with Gasteiger partial charge in [-0.05, 0) is 12.2 Å². The molecule has 0 saturated heterocycles. The lowest BCUT2D eigenvalue weighted by atomic mass is 10.1. The zero-order chi connectivity index (χ0) is 21.2. The summed E-state index contributed by atoms with van der Waals surface area (Å²) in [6.45, 7) is 0. The van der Waals surface area contributed by atoms with E-state index in [1.165, 1.54) is 32.4 Å². The van der Waals surface area contributed by atoms with Gasteiger partial charge in [0.05, 0.1) is 14.2 Å². The van der Waals surface area contributed by atoms with Crippen molar-refractivity contribution in [3.8, 4) is 11.5 Å². The molecule has 2 aromatic rings. The molecule has 28 heavy (non-hydrogen) atoms. The average Bonchev–Trinajstić information content (AvgIpc) is 2.62. The molecule has 0 aromatic heterocycles. The number of benzene rings is 2. The first-order valence-electron chi connectivity index (χ1n) is 7.23. The van der Waals surface area contributed by atoms with Gasteiger partial charge < -0.3 is 20.1 Å². The second-order valence-electron chi connectivity index (χ2n) is 5.18. The van der Waals surface area contributed by atoms with Gasteiger partial charge in [-0.2, -0.15) is 13.2 Å². The van der Waals surface area contributed by atoms with E-state index in [4.69, 9.17) is 21.7 Å². The molecule has 152 valence electrons. The first-order chi connectivity index (χ1) is 13.0. The highest BCUT2D eigenvalue weighted by molar-refractivity contribution is 7.80. The molecule has 0 saturated carbocycles. The molecule has 0 aliphatic rings. The Bertz CT molecular complexity index is 868. The maximum absolute atomic E-state index is 13.9. The van der Waals surface area contributed by atoms with Crippen LogP contribution in [0.25, 0.3) is 0 Å². The molecule has 0 unspecified atom stereocenters. The molecule has 0 fully saturated rings. The first-order valence-corrected chi connectivity index (χ1v) is 7.64. The number of ether oxygens (including phenoxy) is 2. The van der Waals surface area contributed by atoms with Crippen LogP contribution in [0.3, 0.4) is 0 Å². The predicted octanol–water partition coefficient (Wildman–Crippen LogP) is 5.09. The third-order valence-electron chi connectivity index (χ3n) is 3.39. The lowest BCUT2D eigenvalue weighted by Crippen LogP contribution is -2.23. The second kappa shape index (κ2) is 8.09. The van der Waals surface area contributed by atoms with E-state index in [0.29, 0.717) is 11.5 Å². The van der Waals surface area contributed by atoms with E-state index in [2.05, 4.69) is 5.32 Å². The number of halogens is 7. The van der Waals surface area contributed by atoms with Gasteiger partial charge in [-0.3, -0.25) is 0 Å². The smallest absolute Gasteiger partial charge is 0.422 e. The summed E-state index contributed by atoms with van der Waals surface area (Å²) in [5.74, 6) is -9.13. The van der Waals surface area contributed by atoms with Crippen molar-refractivity contribution in [2.24, 2.45) is 0 Å². The van der Waals surface area contributed by atoms with E-state index >= 15 is 0 Å². The summed E-state index contributed by atoms with van der Waals surface area (Å²) in [6.07, 6.45) is -5.63. The number of anilines is 2. The van der Waals surface area contributed by atoms with Crippen molar-refractivity contribution in [1.29, 1.82) is 0 Å². The monoisotopic (exact) mass is 428 g/mol. The number of rotatable bonds is 4. The normalized spacial score (nSPS) is 11.2. The van der Waals surface area contributed by atoms with E-state index in [1.807, 2.05) is 0 Å². The van der Waals surface area contributed by atoms with Crippen LogP contribution >= 0.6 is 12.2 Å². The van der Waals surface area contributed by atoms with Gasteiger partial charge in [-0.25, -0.2) is 17.6 Å². The van der Waals surface area contributed by atoms with Crippen LogP contribution in [0.1, 0.15) is 5.56 Å². The minimum absolute atomic E-state index is 0.197. The molecule has 2 N–H and O–H groups in total. The number of methoxy groups -OCH3 is 2. The lowest BCUT2D eigenvalue weighted by Gasteiger charge is -2.16. The molecule has 0 aliphatic carbocycles. The molecule has 4 nitrogen and oxygen atoms in total. The van der Waals surface area contributed by atoms with Gasteiger partial charge in [0.2, 0.25) is 0 Å². The van der Waals surface area contributed by atoms with Crippen LogP contribution in [-0.2, 0) is 6.18 Å². The summed E-state index contributed by atoms with van der Waals surface area (Å²) in [4.78, 5) is 0. The van der Waals surface area contributed by atoms with E-state index in [9.17, 15) is 30.7 Å². The first kappa shape index (κ1) is 21.5. The Kier molecular flexibility index (Phi) is 6.22. The van der Waals surface area contributed by atoms with Gasteiger partial charge in [-0.1, -0.05) is 0 Å². The maximum Gasteiger partial charge on any atom is 0.422 e. The van der Waals surface area contributed by atoms with Crippen LogP contribution in [0.2, 0.25) is 0 Å². The quantitative estimate of drug-likeness (QED) is 0.404. The van der Waals surface area contributed by atoms with E-state index in [-0.39, 0.29) is 5.69 Å². The Hall–Kier alpha value is -2.76. The molecular weight excluding hydrogens is 417 g/mol. The molecule has 2 rings (SSSR count). The minimum Gasteiger partial charge on any atom is -0.497 e.